The predicted molar refractivity (Wildman–Crippen MR) is 82.0 cm³/mol. The number of para-hydroxylation sites is 1. The second-order valence-corrected chi connectivity index (χ2v) is 5.38. The summed E-state index contributed by atoms with van der Waals surface area (Å²) >= 11 is 0. The van der Waals surface area contributed by atoms with Crippen LogP contribution < -0.4 is 10.6 Å². The molecule has 0 spiro atoms. The van der Waals surface area contributed by atoms with Crippen LogP contribution in [0.4, 0.5) is 5.69 Å². The summed E-state index contributed by atoms with van der Waals surface area (Å²) in [5.41, 5.74) is 9.68. The number of benzene rings is 2. The summed E-state index contributed by atoms with van der Waals surface area (Å²) in [6, 6.07) is 16.0. The van der Waals surface area contributed by atoms with Crippen LogP contribution in [0.1, 0.15) is 23.5 Å². The van der Waals surface area contributed by atoms with E-state index in [-0.39, 0.29) is 0 Å². The Labute approximate surface area is 119 Å². The topological polar surface area (TPSA) is 49.5 Å². The van der Waals surface area contributed by atoms with E-state index in [0.29, 0.717) is 11.7 Å². The van der Waals surface area contributed by atoms with Crippen LogP contribution in [-0.2, 0) is 6.54 Å². The van der Waals surface area contributed by atoms with Crippen molar-refractivity contribution in [3.8, 4) is 5.75 Å². The van der Waals surface area contributed by atoms with Crippen molar-refractivity contribution in [2.45, 2.75) is 18.9 Å². The number of anilines is 1. The summed E-state index contributed by atoms with van der Waals surface area (Å²) in [5.74, 6) is 0.852. The molecule has 3 rings (SSSR count). The van der Waals surface area contributed by atoms with E-state index in [4.69, 9.17) is 5.73 Å². The molecule has 0 fully saturated rings. The lowest BCUT2D eigenvalue weighted by Crippen LogP contribution is -2.22. The Bertz CT molecular complexity index is 580. The Morgan fingerprint density at radius 2 is 1.85 bits per heavy atom. The molecule has 1 aliphatic heterocycles. The van der Waals surface area contributed by atoms with E-state index in [1.807, 2.05) is 12.1 Å². The van der Waals surface area contributed by atoms with Crippen molar-refractivity contribution < 1.29 is 5.11 Å². The van der Waals surface area contributed by atoms with Crippen molar-refractivity contribution in [2.24, 2.45) is 5.73 Å². The monoisotopic (exact) mass is 268 g/mol. The first kappa shape index (κ1) is 13.0. The Morgan fingerprint density at radius 1 is 1.10 bits per heavy atom. The molecule has 0 amide bonds. The standard InChI is InChI=1S/C17H20N2O/c18-10-9-14-12-19(17-4-2-1-3-16(14)17)11-13-5-7-15(20)8-6-13/h1-8,14,20H,9-12,18H2. The highest BCUT2D eigenvalue weighted by molar-refractivity contribution is 5.60. The van der Waals surface area contributed by atoms with Gasteiger partial charge in [0.15, 0.2) is 0 Å². The van der Waals surface area contributed by atoms with Gasteiger partial charge in [0.2, 0.25) is 0 Å². The van der Waals surface area contributed by atoms with E-state index in [1.54, 1.807) is 12.1 Å². The molecule has 2 aromatic rings. The third-order valence-corrected chi connectivity index (χ3v) is 3.98. The minimum Gasteiger partial charge on any atom is -0.508 e. The van der Waals surface area contributed by atoms with Gasteiger partial charge in [0.25, 0.3) is 0 Å². The molecule has 0 aliphatic carbocycles. The molecule has 0 saturated heterocycles. The second kappa shape index (κ2) is 5.55. The van der Waals surface area contributed by atoms with E-state index >= 15 is 0 Å². The Kier molecular flexibility index (Phi) is 3.61. The minimum atomic E-state index is 0.316. The molecular weight excluding hydrogens is 248 g/mol. The van der Waals surface area contributed by atoms with E-state index in [0.717, 1.165) is 26.1 Å². The highest BCUT2D eigenvalue weighted by Crippen LogP contribution is 2.38. The number of phenols is 1. The van der Waals surface area contributed by atoms with E-state index in [9.17, 15) is 5.11 Å². The molecule has 1 atom stereocenters. The number of fused-ring (bicyclic) bond motifs is 1. The van der Waals surface area contributed by atoms with Gasteiger partial charge >= 0.3 is 0 Å². The van der Waals surface area contributed by atoms with Gasteiger partial charge in [-0.15, -0.1) is 0 Å². The maximum Gasteiger partial charge on any atom is 0.115 e. The van der Waals surface area contributed by atoms with Gasteiger partial charge < -0.3 is 15.7 Å². The molecule has 0 bridgehead atoms. The lowest BCUT2D eigenvalue weighted by atomic mass is 9.98. The zero-order valence-electron chi connectivity index (χ0n) is 11.5. The van der Waals surface area contributed by atoms with Crippen LogP contribution >= 0.6 is 0 Å². The summed E-state index contributed by atoms with van der Waals surface area (Å²) in [5, 5.41) is 9.36. The van der Waals surface area contributed by atoms with Gasteiger partial charge in [-0.3, -0.25) is 0 Å². The van der Waals surface area contributed by atoms with E-state index < -0.39 is 0 Å². The van der Waals surface area contributed by atoms with Gasteiger partial charge in [0, 0.05) is 24.7 Å². The first-order valence-electron chi connectivity index (χ1n) is 7.10. The predicted octanol–water partition coefficient (Wildman–Crippen LogP) is 2.84. The number of rotatable bonds is 4. The fourth-order valence-corrected chi connectivity index (χ4v) is 3.00. The summed E-state index contributed by atoms with van der Waals surface area (Å²) in [6.45, 7) is 2.63. The maximum absolute atomic E-state index is 9.36. The second-order valence-electron chi connectivity index (χ2n) is 5.38. The largest absolute Gasteiger partial charge is 0.508 e. The number of nitrogens with zero attached hydrogens (tertiary/aromatic N) is 1. The third-order valence-electron chi connectivity index (χ3n) is 3.98. The lowest BCUT2D eigenvalue weighted by molar-refractivity contribution is 0.475. The average molecular weight is 268 g/mol. The maximum atomic E-state index is 9.36. The van der Waals surface area contributed by atoms with Crippen LogP contribution in [0.15, 0.2) is 48.5 Å². The van der Waals surface area contributed by atoms with Crippen molar-refractivity contribution in [3.05, 3.63) is 59.7 Å². The van der Waals surface area contributed by atoms with Crippen molar-refractivity contribution in [2.75, 3.05) is 18.0 Å². The van der Waals surface area contributed by atoms with Crippen LogP contribution in [0.3, 0.4) is 0 Å². The molecule has 104 valence electrons. The van der Waals surface area contributed by atoms with Gasteiger partial charge in [0.05, 0.1) is 0 Å². The highest BCUT2D eigenvalue weighted by Gasteiger charge is 2.27. The lowest BCUT2D eigenvalue weighted by Gasteiger charge is -2.20. The Balaban J connectivity index is 1.82. The molecule has 2 aromatic carbocycles. The Hall–Kier alpha value is -2.00. The smallest absolute Gasteiger partial charge is 0.115 e. The van der Waals surface area contributed by atoms with Gasteiger partial charge in [-0.05, 0) is 42.3 Å². The average Bonchev–Trinajstić information content (AvgIpc) is 2.81. The van der Waals surface area contributed by atoms with Crippen LogP contribution in [0.5, 0.6) is 5.75 Å². The first-order chi connectivity index (χ1) is 9.78. The van der Waals surface area contributed by atoms with Crippen molar-refractivity contribution in [1.82, 2.24) is 0 Å². The van der Waals surface area contributed by atoms with E-state index in [2.05, 4.69) is 29.2 Å². The number of phenolic OH excluding ortho intramolecular Hbond substituents is 1. The molecule has 1 unspecified atom stereocenters. The normalized spacial score (nSPS) is 17.2. The van der Waals surface area contributed by atoms with Crippen molar-refractivity contribution in [3.63, 3.8) is 0 Å². The van der Waals surface area contributed by atoms with E-state index in [1.165, 1.54) is 16.8 Å². The van der Waals surface area contributed by atoms with Gasteiger partial charge in [-0.25, -0.2) is 0 Å². The van der Waals surface area contributed by atoms with Gasteiger partial charge in [-0.1, -0.05) is 30.3 Å². The fourth-order valence-electron chi connectivity index (χ4n) is 3.00. The summed E-state index contributed by atoms with van der Waals surface area (Å²) in [4.78, 5) is 2.40. The zero-order valence-corrected chi connectivity index (χ0v) is 11.5. The van der Waals surface area contributed by atoms with Crippen LogP contribution in [0, 0.1) is 0 Å². The molecule has 20 heavy (non-hydrogen) atoms. The molecule has 3 heteroatoms. The number of hydrogen-bond donors (Lipinski definition) is 2. The first-order valence-corrected chi connectivity index (χ1v) is 7.10. The fraction of sp³-hybridized carbons (Fsp3) is 0.294. The third kappa shape index (κ3) is 2.49. The molecule has 0 saturated carbocycles. The minimum absolute atomic E-state index is 0.316. The van der Waals surface area contributed by atoms with Crippen molar-refractivity contribution in [1.29, 1.82) is 0 Å². The zero-order chi connectivity index (χ0) is 13.9. The number of aromatic hydroxyl groups is 1. The number of nitrogens with two attached hydrogens (primary N) is 1. The quantitative estimate of drug-likeness (QED) is 0.896. The Morgan fingerprint density at radius 3 is 2.60 bits per heavy atom. The highest BCUT2D eigenvalue weighted by atomic mass is 16.3. The molecule has 0 radical (unpaired) electrons. The van der Waals surface area contributed by atoms with Crippen LogP contribution in [0.25, 0.3) is 0 Å². The van der Waals surface area contributed by atoms with Gasteiger partial charge in [-0.2, -0.15) is 0 Å². The molecule has 1 aliphatic rings. The molecule has 1 heterocycles. The molecule has 3 nitrogen and oxygen atoms in total. The van der Waals surface area contributed by atoms with Crippen LogP contribution in [0.2, 0.25) is 0 Å². The van der Waals surface area contributed by atoms with Crippen molar-refractivity contribution >= 4 is 5.69 Å². The number of hydrogen-bond acceptors (Lipinski definition) is 3. The molecule has 3 N–H and O–H groups in total. The molecular formula is C17H20N2O. The summed E-state index contributed by atoms with van der Waals surface area (Å²) in [7, 11) is 0. The summed E-state index contributed by atoms with van der Waals surface area (Å²) in [6.07, 6.45) is 1.03. The SMILES string of the molecule is NCCC1CN(Cc2ccc(O)cc2)c2ccccc21. The summed E-state index contributed by atoms with van der Waals surface area (Å²) < 4.78 is 0. The van der Waals surface area contributed by atoms with Gasteiger partial charge in [0.1, 0.15) is 5.75 Å². The van der Waals surface area contributed by atoms with Crippen LogP contribution in [-0.4, -0.2) is 18.2 Å². The molecule has 0 aromatic heterocycles.